The third kappa shape index (κ3) is 4.69. The fourth-order valence-corrected chi connectivity index (χ4v) is 5.10. The van der Waals surface area contributed by atoms with Crippen molar-refractivity contribution in [2.45, 2.75) is 56.6 Å². The Morgan fingerprint density at radius 1 is 1.19 bits per heavy atom. The van der Waals surface area contributed by atoms with E-state index in [1.54, 1.807) is 0 Å². The first-order valence-electron chi connectivity index (χ1n) is 11.6. The van der Waals surface area contributed by atoms with Crippen LogP contribution in [0.3, 0.4) is 0 Å². The molecule has 7 nitrogen and oxygen atoms in total. The lowest BCUT2D eigenvalue weighted by Crippen LogP contribution is -2.47. The SMILES string of the molecule is O=C(NC1CCC(CCN2CCN(c3noc4cc(Cl)ccc34)CC2)CC1)C1(O)CC1. The summed E-state index contributed by atoms with van der Waals surface area (Å²) in [6, 6.07) is 5.93. The first kappa shape index (κ1) is 21.0. The molecule has 31 heavy (non-hydrogen) atoms. The minimum atomic E-state index is -1.05. The predicted molar refractivity (Wildman–Crippen MR) is 120 cm³/mol. The molecular formula is C23H31ClN4O3. The largest absolute Gasteiger partial charge is 0.380 e. The van der Waals surface area contributed by atoms with E-state index in [1.807, 2.05) is 18.2 Å². The molecule has 5 rings (SSSR count). The van der Waals surface area contributed by atoms with Crippen molar-refractivity contribution >= 4 is 34.3 Å². The van der Waals surface area contributed by atoms with Gasteiger partial charge in [-0.15, -0.1) is 0 Å². The van der Waals surface area contributed by atoms with Crippen molar-refractivity contribution in [1.82, 2.24) is 15.4 Å². The lowest BCUT2D eigenvalue weighted by atomic mass is 9.84. The second-order valence-corrected chi connectivity index (χ2v) is 9.92. The van der Waals surface area contributed by atoms with Crippen LogP contribution in [0, 0.1) is 5.92 Å². The molecule has 3 fully saturated rings. The van der Waals surface area contributed by atoms with Gasteiger partial charge >= 0.3 is 0 Å². The third-order valence-electron chi connectivity index (χ3n) is 7.27. The number of nitrogens with zero attached hydrogens (tertiary/aromatic N) is 3. The molecule has 1 amide bonds. The van der Waals surface area contributed by atoms with Crippen molar-refractivity contribution in [2.75, 3.05) is 37.6 Å². The number of carbonyl (C=O) groups excluding carboxylic acids is 1. The third-order valence-corrected chi connectivity index (χ3v) is 7.50. The number of fused-ring (bicyclic) bond motifs is 1. The molecule has 1 aliphatic heterocycles. The molecule has 0 bridgehead atoms. The summed E-state index contributed by atoms with van der Waals surface area (Å²) in [6.45, 7) is 5.10. The minimum Gasteiger partial charge on any atom is -0.380 e. The minimum absolute atomic E-state index is 0.156. The second kappa shape index (κ2) is 8.60. The first-order chi connectivity index (χ1) is 15.0. The van der Waals surface area contributed by atoms with Gasteiger partial charge in [-0.1, -0.05) is 16.8 Å². The zero-order valence-electron chi connectivity index (χ0n) is 17.9. The van der Waals surface area contributed by atoms with Crippen molar-refractivity contribution in [3.05, 3.63) is 23.2 Å². The van der Waals surface area contributed by atoms with Crippen LogP contribution < -0.4 is 10.2 Å². The molecule has 0 atom stereocenters. The monoisotopic (exact) mass is 446 g/mol. The Morgan fingerprint density at radius 3 is 2.65 bits per heavy atom. The van der Waals surface area contributed by atoms with Crippen molar-refractivity contribution in [3.8, 4) is 0 Å². The lowest BCUT2D eigenvalue weighted by Gasteiger charge is -2.36. The Bertz CT molecular complexity index is 928. The number of amides is 1. The number of halogens is 1. The number of piperazine rings is 1. The molecule has 2 N–H and O–H groups in total. The van der Waals surface area contributed by atoms with E-state index in [2.05, 4.69) is 20.3 Å². The molecular weight excluding hydrogens is 416 g/mol. The number of hydrogen-bond acceptors (Lipinski definition) is 6. The van der Waals surface area contributed by atoms with E-state index in [0.717, 1.165) is 81.1 Å². The van der Waals surface area contributed by atoms with Crippen LogP contribution in [-0.4, -0.2) is 65.4 Å². The fourth-order valence-electron chi connectivity index (χ4n) is 4.94. The highest BCUT2D eigenvalue weighted by atomic mass is 35.5. The van der Waals surface area contributed by atoms with Crippen LogP contribution in [0.15, 0.2) is 22.7 Å². The van der Waals surface area contributed by atoms with Gasteiger partial charge in [-0.3, -0.25) is 9.69 Å². The van der Waals surface area contributed by atoms with Crippen LogP contribution in [0.25, 0.3) is 11.0 Å². The van der Waals surface area contributed by atoms with Gasteiger partial charge in [-0.25, -0.2) is 0 Å². The summed E-state index contributed by atoms with van der Waals surface area (Å²) >= 11 is 6.05. The molecule has 1 saturated heterocycles. The average molecular weight is 447 g/mol. The van der Waals surface area contributed by atoms with Gasteiger partial charge in [0.25, 0.3) is 5.91 Å². The van der Waals surface area contributed by atoms with Crippen LogP contribution in [-0.2, 0) is 4.79 Å². The Balaban J connectivity index is 1.04. The van der Waals surface area contributed by atoms with Crippen LogP contribution >= 0.6 is 11.6 Å². The fraction of sp³-hybridized carbons (Fsp3) is 0.652. The Kier molecular flexibility index (Phi) is 5.84. The van der Waals surface area contributed by atoms with Crippen molar-refractivity contribution in [3.63, 3.8) is 0 Å². The number of aromatic nitrogens is 1. The standard InChI is InChI=1S/C23H31ClN4O3/c24-17-3-6-19-20(15-17)31-26-21(19)28-13-11-27(12-14-28)10-7-16-1-4-18(5-2-16)25-22(29)23(30)8-9-23/h3,6,15-16,18,30H,1-2,4-5,7-14H2,(H,25,29). The summed E-state index contributed by atoms with van der Waals surface area (Å²) in [5.41, 5.74) is -0.312. The van der Waals surface area contributed by atoms with Crippen LogP contribution in [0.4, 0.5) is 5.82 Å². The smallest absolute Gasteiger partial charge is 0.252 e. The van der Waals surface area contributed by atoms with Gasteiger partial charge in [-0.05, 0) is 69.5 Å². The molecule has 0 spiro atoms. The van der Waals surface area contributed by atoms with Gasteiger partial charge in [0, 0.05) is 43.3 Å². The van der Waals surface area contributed by atoms with Crippen molar-refractivity contribution < 1.29 is 14.4 Å². The number of carbonyl (C=O) groups is 1. The molecule has 2 saturated carbocycles. The summed E-state index contributed by atoms with van der Waals surface area (Å²) < 4.78 is 5.46. The van der Waals surface area contributed by atoms with Gasteiger partial charge in [0.2, 0.25) is 0 Å². The van der Waals surface area contributed by atoms with E-state index in [-0.39, 0.29) is 11.9 Å². The highest BCUT2D eigenvalue weighted by Gasteiger charge is 2.48. The van der Waals surface area contributed by atoms with Gasteiger partial charge in [0.15, 0.2) is 11.4 Å². The van der Waals surface area contributed by atoms with Crippen LogP contribution in [0.5, 0.6) is 0 Å². The molecule has 2 heterocycles. The molecule has 8 heteroatoms. The van der Waals surface area contributed by atoms with E-state index >= 15 is 0 Å². The number of anilines is 1. The molecule has 1 aromatic heterocycles. The highest BCUT2D eigenvalue weighted by Crippen LogP contribution is 2.36. The molecule has 2 aromatic rings. The number of nitrogens with one attached hydrogen (secondary N) is 1. The Hall–Kier alpha value is -1.83. The zero-order valence-corrected chi connectivity index (χ0v) is 18.6. The zero-order chi connectivity index (χ0) is 21.4. The second-order valence-electron chi connectivity index (χ2n) is 9.49. The highest BCUT2D eigenvalue weighted by molar-refractivity contribution is 6.31. The average Bonchev–Trinajstić information content (AvgIpc) is 3.40. The molecule has 0 unspecified atom stereocenters. The maximum Gasteiger partial charge on any atom is 0.252 e. The van der Waals surface area contributed by atoms with Crippen LogP contribution in [0.2, 0.25) is 5.02 Å². The Labute approximate surface area is 187 Å². The number of aliphatic hydroxyl groups is 1. The molecule has 0 radical (unpaired) electrons. The first-order valence-corrected chi connectivity index (χ1v) is 11.9. The number of rotatable bonds is 6. The maximum atomic E-state index is 12.0. The quantitative estimate of drug-likeness (QED) is 0.709. The molecule has 3 aliphatic rings. The maximum absolute atomic E-state index is 12.0. The lowest BCUT2D eigenvalue weighted by molar-refractivity contribution is -0.132. The number of benzene rings is 1. The molecule has 1 aromatic carbocycles. The van der Waals surface area contributed by atoms with Crippen molar-refractivity contribution in [1.29, 1.82) is 0 Å². The van der Waals surface area contributed by atoms with Crippen LogP contribution in [0.1, 0.15) is 44.9 Å². The Morgan fingerprint density at radius 2 is 1.94 bits per heavy atom. The normalized spacial score (nSPS) is 26.2. The van der Waals surface area contributed by atoms with Gasteiger partial charge in [-0.2, -0.15) is 0 Å². The summed E-state index contributed by atoms with van der Waals surface area (Å²) in [4.78, 5) is 16.9. The number of hydrogen-bond donors (Lipinski definition) is 2. The van der Waals surface area contributed by atoms with E-state index in [9.17, 15) is 9.90 Å². The molecule has 168 valence electrons. The van der Waals surface area contributed by atoms with Gasteiger partial charge in [0.1, 0.15) is 5.60 Å². The summed E-state index contributed by atoms with van der Waals surface area (Å²) in [5.74, 6) is 1.50. The summed E-state index contributed by atoms with van der Waals surface area (Å²) in [7, 11) is 0. The molecule has 2 aliphatic carbocycles. The predicted octanol–water partition coefficient (Wildman–Crippen LogP) is 3.19. The van der Waals surface area contributed by atoms with Gasteiger partial charge < -0.3 is 19.8 Å². The van der Waals surface area contributed by atoms with E-state index in [0.29, 0.717) is 17.9 Å². The topological polar surface area (TPSA) is 81.8 Å². The van der Waals surface area contributed by atoms with Crippen molar-refractivity contribution in [2.24, 2.45) is 5.92 Å². The van der Waals surface area contributed by atoms with Gasteiger partial charge in [0.05, 0.1) is 5.39 Å². The van der Waals surface area contributed by atoms with E-state index in [4.69, 9.17) is 16.1 Å². The summed E-state index contributed by atoms with van der Waals surface area (Å²) in [5, 5.41) is 18.9. The summed E-state index contributed by atoms with van der Waals surface area (Å²) in [6.07, 6.45) is 6.84. The van der Waals surface area contributed by atoms with E-state index in [1.165, 1.54) is 6.42 Å². The van der Waals surface area contributed by atoms with E-state index < -0.39 is 5.60 Å².